The van der Waals surface area contributed by atoms with Crippen LogP contribution in [0.4, 0.5) is 5.69 Å². The molecule has 150 valence electrons. The molecule has 2 aromatic carbocycles. The van der Waals surface area contributed by atoms with Crippen LogP contribution in [0, 0.1) is 12.8 Å². The van der Waals surface area contributed by atoms with Gasteiger partial charge in [-0.2, -0.15) is 0 Å². The van der Waals surface area contributed by atoms with Crippen molar-refractivity contribution in [2.45, 2.75) is 13.3 Å². The molecule has 0 unspecified atom stereocenters. The molecule has 7 heteroatoms. The van der Waals surface area contributed by atoms with Crippen molar-refractivity contribution in [2.75, 3.05) is 25.2 Å². The molecule has 0 spiro atoms. The van der Waals surface area contributed by atoms with E-state index in [2.05, 4.69) is 4.74 Å². The second kappa shape index (κ2) is 8.68. The average molecular weight is 395 g/mol. The van der Waals surface area contributed by atoms with E-state index >= 15 is 0 Å². The van der Waals surface area contributed by atoms with Gasteiger partial charge in [0.25, 0.3) is 0 Å². The number of amides is 1. The molecule has 2 aromatic rings. The lowest BCUT2D eigenvalue weighted by atomic mass is 10.1. The zero-order chi connectivity index (χ0) is 21.0. The van der Waals surface area contributed by atoms with Gasteiger partial charge in [-0.3, -0.25) is 14.4 Å². The van der Waals surface area contributed by atoms with Gasteiger partial charge in [-0.15, -0.1) is 0 Å². The number of Topliss-reactive ketones (excluding diaryl/α,β-unsaturated/α-hetero) is 1. The molecule has 0 bridgehead atoms. The largest absolute Gasteiger partial charge is 0.465 e. The van der Waals surface area contributed by atoms with Crippen LogP contribution in [0.1, 0.15) is 32.7 Å². The predicted octanol–water partition coefficient (Wildman–Crippen LogP) is 2.56. The molecule has 0 saturated carbocycles. The molecular formula is C22H21NO6. The number of carbonyl (C=O) groups excluding carboxylic acids is 4. The zero-order valence-corrected chi connectivity index (χ0v) is 16.2. The van der Waals surface area contributed by atoms with E-state index in [1.54, 1.807) is 36.4 Å². The van der Waals surface area contributed by atoms with Crippen LogP contribution in [0.3, 0.4) is 0 Å². The van der Waals surface area contributed by atoms with Gasteiger partial charge >= 0.3 is 11.9 Å². The first-order valence-electron chi connectivity index (χ1n) is 9.14. The molecule has 0 aromatic heterocycles. The SMILES string of the molecule is COC(=O)c1ccc(N2C[C@@H](C(=O)OCC(=O)c3ccc(C)cc3)CC2=O)cc1. The topological polar surface area (TPSA) is 90.0 Å². The highest BCUT2D eigenvalue weighted by Crippen LogP contribution is 2.26. The van der Waals surface area contributed by atoms with E-state index in [9.17, 15) is 19.2 Å². The Kier molecular flexibility index (Phi) is 6.07. The standard InChI is InChI=1S/C22H21NO6/c1-14-3-5-15(6-4-14)19(24)13-29-22(27)17-11-20(25)23(12-17)18-9-7-16(8-10-18)21(26)28-2/h3-10,17H,11-13H2,1-2H3/t17-/m0/s1. The summed E-state index contributed by atoms with van der Waals surface area (Å²) in [6.07, 6.45) is 0.0102. The summed E-state index contributed by atoms with van der Waals surface area (Å²) in [5.74, 6) is -2.20. The summed E-state index contributed by atoms with van der Waals surface area (Å²) in [4.78, 5) is 49.8. The summed E-state index contributed by atoms with van der Waals surface area (Å²) >= 11 is 0. The maximum absolute atomic E-state index is 12.3. The molecule has 1 amide bonds. The van der Waals surface area contributed by atoms with Crippen molar-refractivity contribution >= 4 is 29.3 Å². The second-order valence-corrected chi connectivity index (χ2v) is 6.84. The quantitative estimate of drug-likeness (QED) is 0.552. The Bertz CT molecular complexity index is 933. The van der Waals surface area contributed by atoms with Crippen molar-refractivity contribution in [3.8, 4) is 0 Å². The average Bonchev–Trinajstić information content (AvgIpc) is 3.13. The first-order chi connectivity index (χ1) is 13.9. The van der Waals surface area contributed by atoms with Gasteiger partial charge in [-0.1, -0.05) is 29.8 Å². The Morgan fingerprint density at radius 1 is 1.00 bits per heavy atom. The minimum absolute atomic E-state index is 0.0102. The normalized spacial score (nSPS) is 15.9. The van der Waals surface area contributed by atoms with Gasteiger partial charge in [0.05, 0.1) is 18.6 Å². The van der Waals surface area contributed by atoms with Crippen molar-refractivity contribution in [3.63, 3.8) is 0 Å². The van der Waals surface area contributed by atoms with E-state index in [1.807, 2.05) is 19.1 Å². The monoisotopic (exact) mass is 395 g/mol. The van der Waals surface area contributed by atoms with Crippen LogP contribution in [0.15, 0.2) is 48.5 Å². The van der Waals surface area contributed by atoms with Crippen LogP contribution in [-0.4, -0.2) is 43.9 Å². The molecular weight excluding hydrogens is 374 g/mol. The first-order valence-corrected chi connectivity index (χ1v) is 9.14. The number of rotatable bonds is 6. The van der Waals surface area contributed by atoms with Gasteiger partial charge in [-0.05, 0) is 31.2 Å². The third-order valence-corrected chi connectivity index (χ3v) is 4.78. The number of ketones is 1. The molecule has 0 radical (unpaired) electrons. The smallest absolute Gasteiger partial charge is 0.337 e. The Hall–Kier alpha value is -3.48. The highest BCUT2D eigenvalue weighted by molar-refractivity contribution is 6.01. The van der Waals surface area contributed by atoms with E-state index in [1.165, 1.54) is 12.0 Å². The van der Waals surface area contributed by atoms with Crippen LogP contribution in [0.5, 0.6) is 0 Å². The fraction of sp³-hybridized carbons (Fsp3) is 0.273. The summed E-state index contributed by atoms with van der Waals surface area (Å²) in [7, 11) is 1.29. The Morgan fingerprint density at radius 2 is 1.62 bits per heavy atom. The van der Waals surface area contributed by atoms with E-state index in [0.29, 0.717) is 16.8 Å². The van der Waals surface area contributed by atoms with Gasteiger partial charge in [0, 0.05) is 24.2 Å². The van der Waals surface area contributed by atoms with Crippen LogP contribution in [-0.2, 0) is 19.1 Å². The van der Waals surface area contributed by atoms with Crippen molar-refractivity contribution in [1.29, 1.82) is 0 Å². The van der Waals surface area contributed by atoms with Crippen LogP contribution in [0.2, 0.25) is 0 Å². The maximum Gasteiger partial charge on any atom is 0.337 e. The van der Waals surface area contributed by atoms with Crippen LogP contribution >= 0.6 is 0 Å². The molecule has 0 aliphatic carbocycles. The molecule has 1 aliphatic heterocycles. The summed E-state index contributed by atoms with van der Waals surface area (Å²) in [5.41, 5.74) is 2.45. The molecule has 1 aliphatic rings. The van der Waals surface area contributed by atoms with Crippen molar-refractivity contribution < 1.29 is 28.7 Å². The van der Waals surface area contributed by atoms with Gasteiger partial charge in [-0.25, -0.2) is 4.79 Å². The third kappa shape index (κ3) is 4.68. The predicted molar refractivity (Wildman–Crippen MR) is 105 cm³/mol. The fourth-order valence-electron chi connectivity index (χ4n) is 3.09. The lowest BCUT2D eigenvalue weighted by molar-refractivity contribution is -0.147. The molecule has 7 nitrogen and oxygen atoms in total. The van der Waals surface area contributed by atoms with Crippen LogP contribution in [0.25, 0.3) is 0 Å². The molecule has 1 fully saturated rings. The molecule has 1 saturated heterocycles. The maximum atomic E-state index is 12.3. The Morgan fingerprint density at radius 3 is 2.24 bits per heavy atom. The number of benzene rings is 2. The molecule has 1 atom stereocenters. The summed E-state index contributed by atoms with van der Waals surface area (Å²) in [5, 5.41) is 0. The van der Waals surface area contributed by atoms with Crippen molar-refractivity contribution in [3.05, 3.63) is 65.2 Å². The zero-order valence-electron chi connectivity index (χ0n) is 16.2. The molecule has 29 heavy (non-hydrogen) atoms. The van der Waals surface area contributed by atoms with Crippen molar-refractivity contribution in [1.82, 2.24) is 0 Å². The minimum Gasteiger partial charge on any atom is -0.465 e. The van der Waals surface area contributed by atoms with Crippen LogP contribution < -0.4 is 4.90 Å². The van der Waals surface area contributed by atoms with E-state index in [4.69, 9.17) is 4.74 Å². The van der Waals surface area contributed by atoms with Gasteiger partial charge in [0.2, 0.25) is 5.91 Å². The molecule has 1 heterocycles. The summed E-state index contributed by atoms with van der Waals surface area (Å²) < 4.78 is 9.79. The number of esters is 2. The number of nitrogens with zero attached hydrogens (tertiary/aromatic N) is 1. The number of ether oxygens (including phenoxy) is 2. The minimum atomic E-state index is -0.645. The fourth-order valence-corrected chi connectivity index (χ4v) is 3.09. The molecule has 3 rings (SSSR count). The first kappa shape index (κ1) is 20.3. The number of methoxy groups -OCH3 is 1. The number of aryl methyl sites for hydroxylation is 1. The number of carbonyl (C=O) groups is 4. The summed E-state index contributed by atoms with van der Waals surface area (Å²) in [6.45, 7) is 1.72. The Labute approximate surface area is 168 Å². The van der Waals surface area contributed by atoms with Crippen molar-refractivity contribution in [2.24, 2.45) is 5.92 Å². The Balaban J connectivity index is 1.57. The van der Waals surface area contributed by atoms with Gasteiger partial charge in [0.1, 0.15) is 0 Å². The lowest BCUT2D eigenvalue weighted by Gasteiger charge is -2.16. The lowest BCUT2D eigenvalue weighted by Crippen LogP contribution is -2.27. The number of anilines is 1. The second-order valence-electron chi connectivity index (χ2n) is 6.84. The molecule has 0 N–H and O–H groups in total. The van der Waals surface area contributed by atoms with Gasteiger partial charge < -0.3 is 14.4 Å². The van der Waals surface area contributed by atoms with E-state index in [0.717, 1.165) is 5.56 Å². The highest BCUT2D eigenvalue weighted by atomic mass is 16.5. The number of hydrogen-bond acceptors (Lipinski definition) is 6. The third-order valence-electron chi connectivity index (χ3n) is 4.78. The highest BCUT2D eigenvalue weighted by Gasteiger charge is 2.36. The van der Waals surface area contributed by atoms with E-state index in [-0.39, 0.29) is 31.3 Å². The van der Waals surface area contributed by atoms with E-state index < -0.39 is 17.9 Å². The number of hydrogen-bond donors (Lipinski definition) is 0. The van der Waals surface area contributed by atoms with Gasteiger partial charge in [0.15, 0.2) is 12.4 Å². The summed E-state index contributed by atoms with van der Waals surface area (Å²) in [6, 6.07) is 13.4.